The van der Waals surface area contributed by atoms with E-state index in [1.807, 2.05) is 0 Å². The van der Waals surface area contributed by atoms with Gasteiger partial charge in [-0.25, -0.2) is 0 Å². The third-order valence-electron chi connectivity index (χ3n) is 4.43. The van der Waals surface area contributed by atoms with Gasteiger partial charge in [-0.15, -0.1) is 11.8 Å². The fraction of sp³-hybridized carbons (Fsp3) is 0.368. The molecule has 1 aliphatic rings. The molecule has 3 heteroatoms. The molecular weight excluding hydrogens is 288 g/mol. The third-order valence-corrected chi connectivity index (χ3v) is 5.17. The van der Waals surface area contributed by atoms with Crippen LogP contribution in [0.15, 0.2) is 53.4 Å². The van der Waals surface area contributed by atoms with Crippen LogP contribution in [0.1, 0.15) is 22.7 Å². The molecule has 0 amide bonds. The lowest BCUT2D eigenvalue weighted by Gasteiger charge is -2.36. The predicted octanol–water partition coefficient (Wildman–Crippen LogP) is 3.71. The minimum Gasteiger partial charge on any atom is -0.314 e. The highest BCUT2D eigenvalue weighted by Crippen LogP contribution is 2.32. The second kappa shape index (κ2) is 7.32. The molecule has 1 unspecified atom stereocenters. The largest absolute Gasteiger partial charge is 0.314 e. The molecule has 1 N–H and O–H groups in total. The molecule has 116 valence electrons. The molecule has 1 aliphatic heterocycles. The average molecular weight is 312 g/mol. The van der Waals surface area contributed by atoms with Crippen molar-refractivity contribution >= 4 is 11.8 Å². The number of thioether (sulfide) groups is 1. The zero-order chi connectivity index (χ0) is 15.4. The number of nitrogens with zero attached hydrogens (tertiary/aromatic N) is 1. The van der Waals surface area contributed by atoms with Crippen molar-refractivity contribution in [1.29, 1.82) is 0 Å². The van der Waals surface area contributed by atoms with Gasteiger partial charge in [0.15, 0.2) is 0 Å². The van der Waals surface area contributed by atoms with Crippen LogP contribution in [0.2, 0.25) is 0 Å². The van der Waals surface area contributed by atoms with E-state index in [2.05, 4.69) is 71.9 Å². The van der Waals surface area contributed by atoms with E-state index in [1.165, 1.54) is 21.6 Å². The molecule has 22 heavy (non-hydrogen) atoms. The fourth-order valence-corrected chi connectivity index (χ4v) is 3.62. The summed E-state index contributed by atoms with van der Waals surface area (Å²) in [5, 5.41) is 3.46. The Balaban J connectivity index is 1.99. The van der Waals surface area contributed by atoms with E-state index in [4.69, 9.17) is 0 Å². The van der Waals surface area contributed by atoms with Crippen molar-refractivity contribution in [2.45, 2.75) is 17.9 Å². The van der Waals surface area contributed by atoms with Gasteiger partial charge in [0.25, 0.3) is 0 Å². The van der Waals surface area contributed by atoms with Crippen molar-refractivity contribution in [1.82, 2.24) is 10.2 Å². The van der Waals surface area contributed by atoms with Crippen LogP contribution in [0.5, 0.6) is 0 Å². The molecule has 1 atom stereocenters. The van der Waals surface area contributed by atoms with Gasteiger partial charge in [-0.3, -0.25) is 4.90 Å². The lowest BCUT2D eigenvalue weighted by Crippen LogP contribution is -2.45. The first-order chi connectivity index (χ1) is 10.8. The monoisotopic (exact) mass is 312 g/mol. The minimum absolute atomic E-state index is 0.360. The highest BCUT2D eigenvalue weighted by Gasteiger charge is 2.24. The van der Waals surface area contributed by atoms with Crippen molar-refractivity contribution in [2.24, 2.45) is 0 Å². The number of aryl methyl sites for hydroxylation is 1. The molecule has 2 nitrogen and oxygen atoms in total. The van der Waals surface area contributed by atoms with Crippen molar-refractivity contribution in [2.75, 3.05) is 32.4 Å². The summed E-state index contributed by atoms with van der Waals surface area (Å²) < 4.78 is 0. The summed E-state index contributed by atoms with van der Waals surface area (Å²) in [6.45, 7) is 6.57. The van der Waals surface area contributed by atoms with E-state index in [9.17, 15) is 0 Å². The van der Waals surface area contributed by atoms with Crippen LogP contribution in [0.4, 0.5) is 0 Å². The topological polar surface area (TPSA) is 15.3 Å². The molecule has 3 rings (SSSR count). The Hall–Kier alpha value is -1.29. The Kier molecular flexibility index (Phi) is 5.19. The first-order valence-electron chi connectivity index (χ1n) is 7.94. The molecule has 0 aromatic heterocycles. The Bertz CT molecular complexity index is 603. The van der Waals surface area contributed by atoms with Crippen LogP contribution in [-0.2, 0) is 0 Å². The predicted molar refractivity (Wildman–Crippen MR) is 95.7 cm³/mol. The Morgan fingerprint density at radius 1 is 1.00 bits per heavy atom. The molecule has 2 aromatic rings. The van der Waals surface area contributed by atoms with Crippen LogP contribution < -0.4 is 5.32 Å². The van der Waals surface area contributed by atoms with Gasteiger partial charge in [0, 0.05) is 31.1 Å². The molecule has 2 aromatic carbocycles. The van der Waals surface area contributed by atoms with Gasteiger partial charge in [-0.1, -0.05) is 36.4 Å². The van der Waals surface area contributed by atoms with E-state index in [0.717, 1.165) is 26.2 Å². The van der Waals surface area contributed by atoms with Crippen molar-refractivity contribution < 1.29 is 0 Å². The van der Waals surface area contributed by atoms with Crippen molar-refractivity contribution in [3.05, 3.63) is 65.2 Å². The zero-order valence-corrected chi connectivity index (χ0v) is 14.2. The van der Waals surface area contributed by atoms with Crippen LogP contribution in [-0.4, -0.2) is 37.3 Å². The minimum atomic E-state index is 0.360. The van der Waals surface area contributed by atoms with E-state index in [-0.39, 0.29) is 0 Å². The van der Waals surface area contributed by atoms with Crippen molar-refractivity contribution in [3.8, 4) is 0 Å². The van der Waals surface area contributed by atoms with E-state index in [1.54, 1.807) is 11.8 Å². The maximum Gasteiger partial charge on any atom is 0.0605 e. The molecule has 0 radical (unpaired) electrons. The summed E-state index contributed by atoms with van der Waals surface area (Å²) in [5.41, 5.74) is 4.20. The van der Waals surface area contributed by atoms with Crippen LogP contribution in [0.3, 0.4) is 0 Å². The van der Waals surface area contributed by atoms with E-state index in [0.29, 0.717) is 6.04 Å². The summed E-state index contributed by atoms with van der Waals surface area (Å²) in [6.07, 6.45) is 2.13. The van der Waals surface area contributed by atoms with Gasteiger partial charge in [-0.05, 0) is 42.0 Å². The number of hydrogen-bond acceptors (Lipinski definition) is 3. The first-order valence-corrected chi connectivity index (χ1v) is 9.16. The maximum absolute atomic E-state index is 3.46. The summed E-state index contributed by atoms with van der Waals surface area (Å²) in [7, 11) is 0. The van der Waals surface area contributed by atoms with E-state index < -0.39 is 0 Å². The lowest BCUT2D eigenvalue weighted by molar-refractivity contribution is 0.198. The quantitative estimate of drug-likeness (QED) is 0.867. The van der Waals surface area contributed by atoms with E-state index >= 15 is 0 Å². The van der Waals surface area contributed by atoms with Gasteiger partial charge in [0.2, 0.25) is 0 Å². The Morgan fingerprint density at radius 2 is 1.68 bits per heavy atom. The van der Waals surface area contributed by atoms with Crippen molar-refractivity contribution in [3.63, 3.8) is 0 Å². The number of hydrogen-bond donors (Lipinski definition) is 1. The second-order valence-corrected chi connectivity index (χ2v) is 6.70. The number of piperazine rings is 1. The smallest absolute Gasteiger partial charge is 0.0605 e. The molecule has 0 aliphatic carbocycles. The molecule has 0 saturated carbocycles. The normalized spacial score (nSPS) is 17.4. The SMILES string of the molecule is CSc1ccc(C(c2ccccc2C)N2CCNCC2)cc1. The van der Waals surface area contributed by atoms with Crippen LogP contribution in [0.25, 0.3) is 0 Å². The highest BCUT2D eigenvalue weighted by atomic mass is 32.2. The maximum atomic E-state index is 3.46. The summed E-state index contributed by atoms with van der Waals surface area (Å²) in [6, 6.07) is 18.2. The zero-order valence-electron chi connectivity index (χ0n) is 13.4. The highest BCUT2D eigenvalue weighted by molar-refractivity contribution is 7.98. The second-order valence-electron chi connectivity index (χ2n) is 5.82. The summed E-state index contributed by atoms with van der Waals surface area (Å²) in [4.78, 5) is 3.93. The molecule has 1 heterocycles. The summed E-state index contributed by atoms with van der Waals surface area (Å²) >= 11 is 1.80. The third kappa shape index (κ3) is 3.37. The lowest BCUT2D eigenvalue weighted by atomic mass is 9.93. The number of nitrogens with one attached hydrogen (secondary N) is 1. The molecule has 1 fully saturated rings. The molecule has 1 saturated heterocycles. The Morgan fingerprint density at radius 3 is 2.32 bits per heavy atom. The number of rotatable bonds is 4. The molecule has 0 bridgehead atoms. The van der Waals surface area contributed by atoms with Gasteiger partial charge in [0.1, 0.15) is 0 Å². The fourth-order valence-electron chi connectivity index (χ4n) is 3.21. The van der Waals surface area contributed by atoms with Gasteiger partial charge >= 0.3 is 0 Å². The molecular formula is C19H24N2S. The molecule has 0 spiro atoms. The average Bonchev–Trinajstić information content (AvgIpc) is 2.58. The Labute approximate surface area is 137 Å². The number of benzene rings is 2. The van der Waals surface area contributed by atoms with Gasteiger partial charge in [-0.2, -0.15) is 0 Å². The van der Waals surface area contributed by atoms with Crippen LogP contribution in [0, 0.1) is 6.92 Å². The summed E-state index contributed by atoms with van der Waals surface area (Å²) in [5.74, 6) is 0. The van der Waals surface area contributed by atoms with Gasteiger partial charge in [0.05, 0.1) is 6.04 Å². The van der Waals surface area contributed by atoms with Gasteiger partial charge < -0.3 is 5.32 Å². The van der Waals surface area contributed by atoms with Crippen LogP contribution >= 0.6 is 11.8 Å². The standard InChI is InChI=1S/C19H24N2S/c1-15-5-3-4-6-18(15)19(21-13-11-20-12-14-21)16-7-9-17(22-2)10-8-16/h3-10,19-20H,11-14H2,1-2H3. The first kappa shape index (κ1) is 15.6.